The first-order valence-electron chi connectivity index (χ1n) is 3.16. The van der Waals surface area contributed by atoms with Crippen LogP contribution in [0, 0.1) is 6.92 Å². The number of halogens is 1. The van der Waals surface area contributed by atoms with Crippen LogP contribution >= 0.6 is 15.9 Å². The topological polar surface area (TPSA) is 0 Å². The summed E-state index contributed by atoms with van der Waals surface area (Å²) in [6.45, 7) is 2.09. The molecule has 0 fully saturated rings. The molecular formula is C9H9Br. The molecule has 0 aliphatic rings. The lowest BCUT2D eigenvalue weighted by atomic mass is 10.1. The number of benzene rings is 1. The van der Waals surface area contributed by atoms with Gasteiger partial charge in [-0.25, -0.2) is 0 Å². The highest BCUT2D eigenvalue weighted by Gasteiger charge is 1.84. The molecule has 0 spiro atoms. The molecule has 0 amide bonds. The maximum absolute atomic E-state index is 3.23. The maximum atomic E-state index is 3.23. The molecule has 52 valence electrons. The molecule has 0 saturated carbocycles. The molecule has 0 N–H and O–H groups in total. The molecule has 1 aromatic rings. The summed E-state index contributed by atoms with van der Waals surface area (Å²) in [6.07, 6.45) is 2.02. The van der Waals surface area contributed by atoms with Crippen LogP contribution in [-0.2, 0) is 0 Å². The summed E-state index contributed by atoms with van der Waals surface area (Å²) >= 11 is 3.23. The fourth-order valence-corrected chi connectivity index (χ4v) is 1.15. The second-order valence-electron chi connectivity index (χ2n) is 2.21. The summed E-state index contributed by atoms with van der Waals surface area (Å²) in [6, 6.07) is 8.35. The van der Waals surface area contributed by atoms with E-state index < -0.39 is 0 Å². The lowest BCUT2D eigenvalue weighted by Crippen LogP contribution is -1.72. The smallest absolute Gasteiger partial charge is 0.0183 e. The van der Waals surface area contributed by atoms with E-state index in [1.54, 1.807) is 0 Å². The Morgan fingerprint density at radius 1 is 1.40 bits per heavy atom. The van der Waals surface area contributed by atoms with Crippen LogP contribution in [0.2, 0.25) is 0 Å². The lowest BCUT2D eigenvalue weighted by molar-refractivity contribution is 1.46. The van der Waals surface area contributed by atoms with E-state index in [9.17, 15) is 0 Å². The largest absolute Gasteiger partial charge is 0.0614 e. The fourth-order valence-electron chi connectivity index (χ4n) is 0.847. The van der Waals surface area contributed by atoms with Gasteiger partial charge >= 0.3 is 0 Å². The molecule has 1 heteroatoms. The van der Waals surface area contributed by atoms with Crippen LogP contribution in [0.1, 0.15) is 11.1 Å². The molecule has 1 rings (SSSR count). The Bertz CT molecular complexity index is 238. The molecule has 10 heavy (non-hydrogen) atoms. The minimum atomic E-state index is 1.23. The number of hydrogen-bond donors (Lipinski definition) is 0. The van der Waals surface area contributed by atoms with Gasteiger partial charge in [-0.05, 0) is 23.5 Å². The zero-order valence-electron chi connectivity index (χ0n) is 5.84. The molecule has 1 aromatic carbocycles. The third kappa shape index (κ3) is 1.99. The van der Waals surface area contributed by atoms with Gasteiger partial charge < -0.3 is 0 Å². The summed E-state index contributed by atoms with van der Waals surface area (Å²) in [7, 11) is 0. The van der Waals surface area contributed by atoms with Crippen LogP contribution in [0.15, 0.2) is 29.3 Å². The van der Waals surface area contributed by atoms with Gasteiger partial charge in [0.05, 0.1) is 0 Å². The van der Waals surface area contributed by atoms with E-state index in [2.05, 4.69) is 47.1 Å². The summed E-state index contributed by atoms with van der Waals surface area (Å²) in [4.78, 5) is 1.86. The Labute approximate surface area is 69.7 Å². The average Bonchev–Trinajstić information content (AvgIpc) is 1.88. The van der Waals surface area contributed by atoms with Gasteiger partial charge in [-0.1, -0.05) is 45.8 Å². The van der Waals surface area contributed by atoms with Crippen molar-refractivity contribution >= 4 is 22.0 Å². The van der Waals surface area contributed by atoms with Gasteiger partial charge in [-0.3, -0.25) is 0 Å². The maximum Gasteiger partial charge on any atom is -0.0183 e. The minimum absolute atomic E-state index is 1.23. The van der Waals surface area contributed by atoms with Gasteiger partial charge in [0.25, 0.3) is 0 Å². The highest BCUT2D eigenvalue weighted by Crippen LogP contribution is 2.06. The van der Waals surface area contributed by atoms with Crippen LogP contribution in [0.3, 0.4) is 0 Å². The SMILES string of the molecule is Cc1cccc(C=CBr)c1. The Hall–Kier alpha value is -0.560. The molecule has 0 unspecified atom stereocenters. The first kappa shape index (κ1) is 7.55. The molecule has 0 aromatic heterocycles. The van der Waals surface area contributed by atoms with Crippen molar-refractivity contribution in [3.8, 4) is 0 Å². The van der Waals surface area contributed by atoms with Gasteiger partial charge in [0, 0.05) is 0 Å². The average molecular weight is 197 g/mol. The molecule has 0 radical (unpaired) electrons. The van der Waals surface area contributed by atoms with Crippen molar-refractivity contribution in [1.29, 1.82) is 0 Å². The summed E-state index contributed by atoms with van der Waals surface area (Å²) in [5.74, 6) is 0. The van der Waals surface area contributed by atoms with E-state index in [0.29, 0.717) is 0 Å². The van der Waals surface area contributed by atoms with Gasteiger partial charge in [0.1, 0.15) is 0 Å². The molecule has 0 nitrogen and oxygen atoms in total. The van der Waals surface area contributed by atoms with Crippen molar-refractivity contribution in [1.82, 2.24) is 0 Å². The zero-order valence-corrected chi connectivity index (χ0v) is 7.43. The third-order valence-electron chi connectivity index (χ3n) is 1.30. The summed E-state index contributed by atoms with van der Waals surface area (Å²) in [5.41, 5.74) is 2.53. The van der Waals surface area contributed by atoms with Gasteiger partial charge in [0.15, 0.2) is 0 Å². The first-order chi connectivity index (χ1) is 4.83. The van der Waals surface area contributed by atoms with Gasteiger partial charge in [-0.15, -0.1) is 0 Å². The Balaban J connectivity index is 2.95. The molecule has 0 aliphatic heterocycles. The normalized spacial score (nSPS) is 10.6. The number of aryl methyl sites for hydroxylation is 1. The predicted molar refractivity (Wildman–Crippen MR) is 49.1 cm³/mol. The zero-order chi connectivity index (χ0) is 7.40. The van der Waals surface area contributed by atoms with Crippen molar-refractivity contribution < 1.29 is 0 Å². The third-order valence-corrected chi connectivity index (χ3v) is 1.56. The number of hydrogen-bond acceptors (Lipinski definition) is 0. The Morgan fingerprint density at radius 3 is 2.80 bits per heavy atom. The molecule has 0 heterocycles. The van der Waals surface area contributed by atoms with Crippen molar-refractivity contribution in [2.24, 2.45) is 0 Å². The first-order valence-corrected chi connectivity index (χ1v) is 4.08. The number of rotatable bonds is 1. The van der Waals surface area contributed by atoms with Gasteiger partial charge in [0.2, 0.25) is 0 Å². The lowest BCUT2D eigenvalue weighted by Gasteiger charge is -1.92. The quantitative estimate of drug-likeness (QED) is 0.647. The van der Waals surface area contributed by atoms with Crippen molar-refractivity contribution in [3.63, 3.8) is 0 Å². The highest BCUT2D eigenvalue weighted by atomic mass is 79.9. The molecule has 0 saturated heterocycles. The minimum Gasteiger partial charge on any atom is -0.0614 e. The van der Waals surface area contributed by atoms with Crippen LogP contribution < -0.4 is 0 Å². The van der Waals surface area contributed by atoms with E-state index >= 15 is 0 Å². The highest BCUT2D eigenvalue weighted by molar-refractivity contribution is 9.11. The molecular weight excluding hydrogens is 188 g/mol. The Morgan fingerprint density at radius 2 is 2.20 bits per heavy atom. The van der Waals surface area contributed by atoms with E-state index in [-0.39, 0.29) is 0 Å². The monoisotopic (exact) mass is 196 g/mol. The van der Waals surface area contributed by atoms with Crippen molar-refractivity contribution in [2.45, 2.75) is 6.92 Å². The second kappa shape index (κ2) is 3.57. The van der Waals surface area contributed by atoms with Gasteiger partial charge in [-0.2, -0.15) is 0 Å². The van der Waals surface area contributed by atoms with Crippen LogP contribution in [0.4, 0.5) is 0 Å². The van der Waals surface area contributed by atoms with E-state index in [1.165, 1.54) is 11.1 Å². The summed E-state index contributed by atoms with van der Waals surface area (Å²) in [5, 5.41) is 0. The van der Waals surface area contributed by atoms with Crippen molar-refractivity contribution in [3.05, 3.63) is 40.4 Å². The second-order valence-corrected chi connectivity index (χ2v) is 2.74. The van der Waals surface area contributed by atoms with Crippen molar-refractivity contribution in [2.75, 3.05) is 0 Å². The molecule has 0 aliphatic carbocycles. The standard InChI is InChI=1S/C9H9Br/c1-8-3-2-4-9(7-8)5-6-10/h2-7H,1H3. The predicted octanol–water partition coefficient (Wildman–Crippen LogP) is 3.36. The van der Waals surface area contributed by atoms with Crippen LogP contribution in [0.5, 0.6) is 0 Å². The van der Waals surface area contributed by atoms with Crippen LogP contribution in [-0.4, -0.2) is 0 Å². The van der Waals surface area contributed by atoms with E-state index in [4.69, 9.17) is 0 Å². The Kier molecular flexibility index (Phi) is 2.69. The van der Waals surface area contributed by atoms with Crippen LogP contribution in [0.25, 0.3) is 6.08 Å². The van der Waals surface area contributed by atoms with E-state index in [1.807, 2.05) is 11.1 Å². The fraction of sp³-hybridized carbons (Fsp3) is 0.111. The molecule has 0 atom stereocenters. The molecule has 0 bridgehead atoms. The van der Waals surface area contributed by atoms with E-state index in [0.717, 1.165) is 0 Å². The summed E-state index contributed by atoms with van der Waals surface area (Å²) < 4.78 is 0.